The number of nitrogens with zero attached hydrogens (tertiary/aromatic N) is 1. The Morgan fingerprint density at radius 1 is 1.41 bits per heavy atom. The largest absolute Gasteiger partial charge is 0.478 e. The number of benzene rings is 1. The molecule has 0 radical (unpaired) electrons. The van der Waals surface area contributed by atoms with Crippen molar-refractivity contribution >= 4 is 49.3 Å². The number of carboxylic acid groups (broad SMARTS) is 1. The first-order valence-electron chi connectivity index (χ1n) is 4.77. The van der Waals surface area contributed by atoms with Gasteiger partial charge in [-0.2, -0.15) is 0 Å². The Labute approximate surface area is 104 Å². The number of carbonyl (C=O) groups is 1. The molecule has 2 aromatic heterocycles. The number of aromatic carboxylic acids is 1. The van der Waals surface area contributed by atoms with Crippen LogP contribution >= 0.6 is 22.9 Å². The fourth-order valence-corrected chi connectivity index (χ4v) is 3.07. The lowest BCUT2D eigenvalue weighted by Crippen LogP contribution is -2.01. The maximum absolute atomic E-state index is 11.0. The minimum atomic E-state index is -0.951. The Bertz CT molecular complexity index is 655. The van der Waals surface area contributed by atoms with E-state index in [1.165, 1.54) is 22.9 Å². The van der Waals surface area contributed by atoms with Gasteiger partial charge < -0.3 is 10.4 Å². The molecule has 7 heteroatoms. The molecule has 0 saturated heterocycles. The summed E-state index contributed by atoms with van der Waals surface area (Å²) in [7, 11) is 0. The molecule has 2 heterocycles. The van der Waals surface area contributed by atoms with E-state index in [-0.39, 0.29) is 5.56 Å². The second kappa shape index (κ2) is 3.86. The van der Waals surface area contributed by atoms with E-state index in [9.17, 15) is 4.79 Å². The zero-order chi connectivity index (χ0) is 11.8. The number of hydrogen-bond acceptors (Lipinski definition) is 5. The normalized spacial score (nSPS) is 10.8. The van der Waals surface area contributed by atoms with Crippen LogP contribution in [0.25, 0.3) is 9.66 Å². The SMILES string of the molecule is O=C(O)c1ccccc1Nc1nc2s[nH]c2s1. The first kappa shape index (κ1) is 10.3. The van der Waals surface area contributed by atoms with Gasteiger partial charge in [-0.15, -0.1) is 0 Å². The maximum atomic E-state index is 11.0. The van der Waals surface area contributed by atoms with E-state index in [0.29, 0.717) is 10.8 Å². The van der Waals surface area contributed by atoms with Gasteiger partial charge in [0.25, 0.3) is 0 Å². The van der Waals surface area contributed by atoms with Crippen LogP contribution in [0.5, 0.6) is 0 Å². The average molecular weight is 265 g/mol. The summed E-state index contributed by atoms with van der Waals surface area (Å²) in [5.41, 5.74) is 0.796. The lowest BCUT2D eigenvalue weighted by molar-refractivity contribution is 0.0698. The predicted octanol–water partition coefficient (Wildman–Crippen LogP) is 3.13. The van der Waals surface area contributed by atoms with Crippen LogP contribution in [0, 0.1) is 0 Å². The van der Waals surface area contributed by atoms with Crippen molar-refractivity contribution in [1.29, 1.82) is 0 Å². The van der Waals surface area contributed by atoms with Gasteiger partial charge in [0.2, 0.25) is 0 Å². The van der Waals surface area contributed by atoms with E-state index in [1.807, 2.05) is 0 Å². The van der Waals surface area contributed by atoms with E-state index in [0.717, 1.165) is 9.66 Å². The molecule has 0 fully saturated rings. The predicted molar refractivity (Wildman–Crippen MR) is 68.5 cm³/mol. The monoisotopic (exact) mass is 265 g/mol. The molecule has 0 aliphatic rings. The third kappa shape index (κ3) is 1.79. The molecule has 0 saturated carbocycles. The van der Waals surface area contributed by atoms with Crippen LogP contribution in [-0.2, 0) is 0 Å². The Morgan fingerprint density at radius 2 is 2.24 bits per heavy atom. The van der Waals surface area contributed by atoms with Crippen LogP contribution in [0.1, 0.15) is 10.4 Å². The summed E-state index contributed by atoms with van der Waals surface area (Å²) in [6, 6.07) is 6.77. The van der Waals surface area contributed by atoms with Crippen LogP contribution in [-0.4, -0.2) is 20.4 Å². The number of thiazole rings is 1. The highest BCUT2D eigenvalue weighted by Gasteiger charge is 2.12. The Balaban J connectivity index is 1.96. The Kier molecular flexibility index (Phi) is 2.34. The summed E-state index contributed by atoms with van der Waals surface area (Å²) in [5.74, 6) is -0.951. The fourth-order valence-electron chi connectivity index (χ4n) is 1.44. The molecule has 0 amide bonds. The number of nitrogens with one attached hydrogen (secondary N) is 2. The van der Waals surface area contributed by atoms with E-state index in [4.69, 9.17) is 5.11 Å². The number of aromatic nitrogens is 2. The van der Waals surface area contributed by atoms with Crippen LogP contribution < -0.4 is 5.32 Å². The molecule has 0 bridgehead atoms. The number of para-hydroxylation sites is 1. The highest BCUT2D eigenvalue weighted by molar-refractivity contribution is 7.29. The molecule has 3 rings (SSSR count). The minimum absolute atomic E-state index is 0.241. The molecular formula is C10H7N3O2S2. The average Bonchev–Trinajstić information content (AvgIpc) is 2.56. The second-order valence-corrected chi connectivity index (χ2v) is 5.13. The first-order chi connectivity index (χ1) is 8.24. The van der Waals surface area contributed by atoms with Crippen LogP contribution in [0.15, 0.2) is 24.3 Å². The Morgan fingerprint density at radius 3 is 2.82 bits per heavy atom. The van der Waals surface area contributed by atoms with Crippen molar-refractivity contribution in [3.8, 4) is 0 Å². The summed E-state index contributed by atoms with van der Waals surface area (Å²) in [6.45, 7) is 0. The van der Waals surface area contributed by atoms with Crippen molar-refractivity contribution in [2.24, 2.45) is 0 Å². The number of fused-ring (bicyclic) bond motifs is 1. The molecule has 0 unspecified atom stereocenters. The third-order valence-corrected chi connectivity index (χ3v) is 4.18. The molecule has 0 aliphatic heterocycles. The van der Waals surface area contributed by atoms with Crippen molar-refractivity contribution in [2.75, 3.05) is 5.32 Å². The van der Waals surface area contributed by atoms with Gasteiger partial charge >= 0.3 is 5.97 Å². The quantitative estimate of drug-likeness (QED) is 0.680. The fraction of sp³-hybridized carbons (Fsp3) is 0. The lowest BCUT2D eigenvalue weighted by atomic mass is 10.2. The molecule has 3 aromatic rings. The smallest absolute Gasteiger partial charge is 0.337 e. The Hall–Kier alpha value is -1.86. The number of hydrogen-bond donors (Lipinski definition) is 3. The van der Waals surface area contributed by atoms with Gasteiger partial charge in [-0.3, -0.25) is 4.37 Å². The van der Waals surface area contributed by atoms with E-state index in [2.05, 4.69) is 14.7 Å². The van der Waals surface area contributed by atoms with Gasteiger partial charge in [0.15, 0.2) is 9.96 Å². The zero-order valence-electron chi connectivity index (χ0n) is 8.43. The molecule has 0 spiro atoms. The molecule has 5 nitrogen and oxygen atoms in total. The molecular weight excluding hydrogens is 258 g/mol. The number of carboxylic acids is 1. The van der Waals surface area contributed by atoms with Crippen molar-refractivity contribution in [2.45, 2.75) is 0 Å². The van der Waals surface area contributed by atoms with Gasteiger partial charge in [0.05, 0.1) is 11.3 Å². The van der Waals surface area contributed by atoms with Crippen molar-refractivity contribution in [1.82, 2.24) is 9.36 Å². The van der Waals surface area contributed by atoms with Gasteiger partial charge in [0, 0.05) is 0 Å². The van der Waals surface area contributed by atoms with Gasteiger partial charge in [-0.25, -0.2) is 9.78 Å². The van der Waals surface area contributed by atoms with Gasteiger partial charge in [-0.1, -0.05) is 23.5 Å². The minimum Gasteiger partial charge on any atom is -0.478 e. The summed E-state index contributed by atoms with van der Waals surface area (Å²) in [6.07, 6.45) is 0. The first-order valence-corrected chi connectivity index (χ1v) is 6.40. The summed E-state index contributed by atoms with van der Waals surface area (Å²) >= 11 is 2.94. The number of H-pyrrole nitrogens is 1. The molecule has 0 atom stereocenters. The van der Waals surface area contributed by atoms with Crippen molar-refractivity contribution < 1.29 is 9.90 Å². The summed E-state index contributed by atoms with van der Waals surface area (Å²) in [5, 5.41) is 12.8. The standard InChI is InChI=1S/C10H7N3O2S2/c14-9(15)5-3-1-2-4-6(5)11-10-12-7-8(16-10)13-17-7/h1-4,13H,(H,11,12)(H,14,15). The molecule has 0 aliphatic carbocycles. The lowest BCUT2D eigenvalue weighted by Gasteiger charge is -2.05. The van der Waals surface area contributed by atoms with Crippen molar-refractivity contribution in [3.05, 3.63) is 29.8 Å². The van der Waals surface area contributed by atoms with E-state index < -0.39 is 5.97 Å². The summed E-state index contributed by atoms with van der Waals surface area (Å²) < 4.78 is 3.05. The number of anilines is 2. The highest BCUT2D eigenvalue weighted by atomic mass is 32.1. The van der Waals surface area contributed by atoms with E-state index in [1.54, 1.807) is 24.3 Å². The van der Waals surface area contributed by atoms with Crippen molar-refractivity contribution in [3.63, 3.8) is 0 Å². The maximum Gasteiger partial charge on any atom is 0.337 e. The van der Waals surface area contributed by atoms with Gasteiger partial charge in [-0.05, 0) is 23.7 Å². The second-order valence-electron chi connectivity index (χ2n) is 3.33. The zero-order valence-corrected chi connectivity index (χ0v) is 10.1. The molecule has 3 N–H and O–H groups in total. The van der Waals surface area contributed by atoms with Crippen LogP contribution in [0.2, 0.25) is 0 Å². The topological polar surface area (TPSA) is 78.0 Å². The van der Waals surface area contributed by atoms with Gasteiger partial charge in [0.1, 0.15) is 4.83 Å². The third-order valence-electron chi connectivity index (χ3n) is 2.24. The number of rotatable bonds is 3. The molecule has 1 aromatic carbocycles. The highest BCUT2D eigenvalue weighted by Crippen LogP contribution is 2.32. The van der Waals surface area contributed by atoms with Crippen LogP contribution in [0.4, 0.5) is 10.8 Å². The summed E-state index contributed by atoms with van der Waals surface area (Å²) in [4.78, 5) is 17.3. The molecule has 17 heavy (non-hydrogen) atoms. The molecule has 86 valence electrons. The number of aromatic amines is 1. The van der Waals surface area contributed by atoms with E-state index >= 15 is 0 Å². The van der Waals surface area contributed by atoms with Crippen LogP contribution in [0.3, 0.4) is 0 Å².